The molecule has 0 aromatic heterocycles. The minimum Gasteiger partial charge on any atom is -0.445 e. The highest BCUT2D eigenvalue weighted by Gasteiger charge is 2.27. The van der Waals surface area contributed by atoms with Gasteiger partial charge in [0, 0.05) is 11.1 Å². The Morgan fingerprint density at radius 2 is 1.44 bits per heavy atom. The van der Waals surface area contributed by atoms with Gasteiger partial charge >= 0.3 is 5.97 Å². The zero-order chi connectivity index (χ0) is 19.4. The molecule has 0 saturated carbocycles. The fraction of sp³-hybridized carbons (Fsp3) is 0.130. The topological polar surface area (TPSA) is 43.4 Å². The van der Waals surface area contributed by atoms with Gasteiger partial charge in [-0.1, -0.05) is 42.5 Å². The van der Waals surface area contributed by atoms with Crippen molar-refractivity contribution in [2.45, 2.75) is 20.0 Å². The molecule has 0 spiro atoms. The number of esters is 1. The third-order valence-corrected chi connectivity index (χ3v) is 4.44. The number of hydrogen-bond donors (Lipinski definition) is 0. The summed E-state index contributed by atoms with van der Waals surface area (Å²) in [7, 11) is 0. The van der Waals surface area contributed by atoms with Gasteiger partial charge in [0.1, 0.15) is 5.82 Å². The van der Waals surface area contributed by atoms with Crippen LogP contribution in [0.3, 0.4) is 0 Å². The van der Waals surface area contributed by atoms with Gasteiger partial charge in [0.2, 0.25) is 5.78 Å². The zero-order valence-electron chi connectivity index (χ0n) is 15.1. The van der Waals surface area contributed by atoms with E-state index in [0.717, 1.165) is 11.1 Å². The number of aryl methyl sites for hydroxylation is 2. The standard InChI is InChI=1S/C23H19FO3/c1-15-8-9-19(14-16(15)2)21(25)22(17-6-4-3-5-7-17)27-23(26)18-10-12-20(24)13-11-18/h3-14,22H,1-2H3. The first-order chi connectivity index (χ1) is 13.0. The van der Waals surface area contributed by atoms with Crippen molar-refractivity contribution >= 4 is 11.8 Å². The second-order valence-corrected chi connectivity index (χ2v) is 6.37. The van der Waals surface area contributed by atoms with Gasteiger partial charge in [-0.2, -0.15) is 0 Å². The van der Waals surface area contributed by atoms with Crippen LogP contribution in [0.25, 0.3) is 0 Å². The summed E-state index contributed by atoms with van der Waals surface area (Å²) in [4.78, 5) is 25.6. The maximum absolute atomic E-state index is 13.1. The van der Waals surface area contributed by atoms with Gasteiger partial charge in [0.05, 0.1) is 5.56 Å². The van der Waals surface area contributed by atoms with Crippen LogP contribution >= 0.6 is 0 Å². The predicted molar refractivity (Wildman–Crippen MR) is 101 cm³/mol. The second-order valence-electron chi connectivity index (χ2n) is 6.37. The van der Waals surface area contributed by atoms with Gasteiger partial charge in [-0.3, -0.25) is 4.79 Å². The fourth-order valence-corrected chi connectivity index (χ4v) is 2.71. The molecular weight excluding hydrogens is 343 g/mol. The van der Waals surface area contributed by atoms with E-state index in [2.05, 4.69) is 0 Å². The lowest BCUT2D eigenvalue weighted by Gasteiger charge is -2.18. The molecule has 1 unspecified atom stereocenters. The molecule has 3 nitrogen and oxygen atoms in total. The SMILES string of the molecule is Cc1ccc(C(=O)C(OC(=O)c2ccc(F)cc2)c2ccccc2)cc1C. The van der Waals surface area contributed by atoms with E-state index in [4.69, 9.17) is 4.74 Å². The molecule has 3 rings (SSSR count). The molecule has 0 saturated heterocycles. The Labute approximate surface area is 157 Å². The minimum atomic E-state index is -1.08. The normalized spacial score (nSPS) is 11.7. The van der Waals surface area contributed by atoms with Gasteiger partial charge in [0.25, 0.3) is 0 Å². The summed E-state index contributed by atoms with van der Waals surface area (Å²) in [5.74, 6) is -1.43. The number of Topliss-reactive ketones (excluding diaryl/α,β-unsaturated/α-hetero) is 1. The van der Waals surface area contributed by atoms with E-state index in [0.29, 0.717) is 11.1 Å². The lowest BCUT2D eigenvalue weighted by atomic mass is 9.97. The third kappa shape index (κ3) is 4.29. The molecule has 0 bridgehead atoms. The first-order valence-corrected chi connectivity index (χ1v) is 8.58. The van der Waals surface area contributed by atoms with Crippen molar-refractivity contribution in [2.75, 3.05) is 0 Å². The van der Waals surface area contributed by atoms with Crippen molar-refractivity contribution in [1.29, 1.82) is 0 Å². The first-order valence-electron chi connectivity index (χ1n) is 8.58. The average molecular weight is 362 g/mol. The summed E-state index contributed by atoms with van der Waals surface area (Å²) >= 11 is 0. The number of benzene rings is 3. The van der Waals surface area contributed by atoms with Crippen LogP contribution in [0.5, 0.6) is 0 Å². The quantitative estimate of drug-likeness (QED) is 0.461. The Morgan fingerprint density at radius 1 is 0.815 bits per heavy atom. The molecular formula is C23H19FO3. The molecule has 0 aliphatic carbocycles. The number of halogens is 1. The molecule has 1 atom stereocenters. The highest BCUT2D eigenvalue weighted by Crippen LogP contribution is 2.25. The van der Waals surface area contributed by atoms with Gasteiger partial charge in [-0.05, 0) is 55.3 Å². The maximum Gasteiger partial charge on any atom is 0.339 e. The number of ether oxygens (including phenoxy) is 1. The molecule has 0 N–H and O–H groups in total. The van der Waals surface area contributed by atoms with Crippen LogP contribution in [0.4, 0.5) is 4.39 Å². The van der Waals surface area contributed by atoms with Crippen molar-refractivity contribution in [3.8, 4) is 0 Å². The number of hydrogen-bond acceptors (Lipinski definition) is 3. The van der Waals surface area contributed by atoms with Crippen molar-refractivity contribution < 1.29 is 18.7 Å². The first kappa shape index (κ1) is 18.5. The highest BCUT2D eigenvalue weighted by atomic mass is 19.1. The molecule has 3 aromatic carbocycles. The maximum atomic E-state index is 13.1. The largest absolute Gasteiger partial charge is 0.445 e. The lowest BCUT2D eigenvalue weighted by molar-refractivity contribution is 0.0280. The van der Waals surface area contributed by atoms with Gasteiger partial charge in [-0.15, -0.1) is 0 Å². The van der Waals surface area contributed by atoms with E-state index < -0.39 is 17.9 Å². The van der Waals surface area contributed by atoms with E-state index in [9.17, 15) is 14.0 Å². The monoisotopic (exact) mass is 362 g/mol. The molecule has 0 heterocycles. The van der Waals surface area contributed by atoms with Crippen LogP contribution in [-0.2, 0) is 4.74 Å². The van der Waals surface area contributed by atoms with Crippen LogP contribution in [0.1, 0.15) is 43.5 Å². The Balaban J connectivity index is 1.93. The third-order valence-electron chi connectivity index (χ3n) is 4.44. The van der Waals surface area contributed by atoms with Crippen LogP contribution in [0.2, 0.25) is 0 Å². The summed E-state index contributed by atoms with van der Waals surface area (Å²) in [5.41, 5.74) is 3.30. The van der Waals surface area contributed by atoms with Gasteiger partial charge in [0.15, 0.2) is 6.10 Å². The Bertz CT molecular complexity index is 963. The Hall–Kier alpha value is -3.27. The van der Waals surface area contributed by atoms with Crippen molar-refractivity contribution in [3.05, 3.63) is 106 Å². The van der Waals surface area contributed by atoms with E-state index in [1.807, 2.05) is 26.0 Å². The van der Waals surface area contributed by atoms with E-state index in [1.165, 1.54) is 24.3 Å². The van der Waals surface area contributed by atoms with Gasteiger partial charge < -0.3 is 4.74 Å². The summed E-state index contributed by atoms with van der Waals surface area (Å²) < 4.78 is 18.6. The molecule has 0 aliphatic heterocycles. The van der Waals surface area contributed by atoms with Crippen LogP contribution in [0, 0.1) is 19.7 Å². The molecule has 0 radical (unpaired) electrons. The number of carbonyl (C=O) groups excluding carboxylic acids is 2. The molecule has 136 valence electrons. The predicted octanol–water partition coefficient (Wildman–Crippen LogP) is 5.22. The number of rotatable bonds is 5. The second kappa shape index (κ2) is 7.96. The number of ketones is 1. The van der Waals surface area contributed by atoms with E-state index >= 15 is 0 Å². The molecule has 3 aromatic rings. The van der Waals surface area contributed by atoms with Crippen molar-refractivity contribution in [1.82, 2.24) is 0 Å². The summed E-state index contributed by atoms with van der Waals surface area (Å²) in [6, 6.07) is 19.3. The molecule has 0 aliphatic rings. The smallest absolute Gasteiger partial charge is 0.339 e. The molecule has 0 fully saturated rings. The fourth-order valence-electron chi connectivity index (χ4n) is 2.71. The lowest BCUT2D eigenvalue weighted by Crippen LogP contribution is -2.20. The summed E-state index contributed by atoms with van der Waals surface area (Å²) in [6.45, 7) is 3.89. The van der Waals surface area contributed by atoms with Crippen molar-refractivity contribution in [2.24, 2.45) is 0 Å². The van der Waals surface area contributed by atoms with E-state index in [-0.39, 0.29) is 11.3 Å². The average Bonchev–Trinajstić information content (AvgIpc) is 2.68. The highest BCUT2D eigenvalue weighted by molar-refractivity contribution is 6.02. The molecule has 27 heavy (non-hydrogen) atoms. The summed E-state index contributed by atoms with van der Waals surface area (Å²) in [5, 5.41) is 0. The van der Waals surface area contributed by atoms with Crippen LogP contribution in [-0.4, -0.2) is 11.8 Å². The summed E-state index contributed by atoms with van der Waals surface area (Å²) in [6.07, 6.45) is -1.08. The molecule has 0 amide bonds. The van der Waals surface area contributed by atoms with Crippen LogP contribution < -0.4 is 0 Å². The van der Waals surface area contributed by atoms with E-state index in [1.54, 1.807) is 36.4 Å². The number of carbonyl (C=O) groups is 2. The van der Waals surface area contributed by atoms with Gasteiger partial charge in [-0.25, -0.2) is 9.18 Å². The van der Waals surface area contributed by atoms with Crippen LogP contribution in [0.15, 0.2) is 72.8 Å². The van der Waals surface area contributed by atoms with Crippen molar-refractivity contribution in [3.63, 3.8) is 0 Å². The molecule has 4 heteroatoms. The Kier molecular flexibility index (Phi) is 5.46. The Morgan fingerprint density at radius 3 is 2.07 bits per heavy atom. The zero-order valence-corrected chi connectivity index (χ0v) is 15.1. The minimum absolute atomic E-state index is 0.185.